The minimum Gasteiger partial charge on any atom is -0.299 e. The molecule has 2 aromatic heterocycles. The Morgan fingerprint density at radius 3 is 2.45 bits per heavy atom. The van der Waals surface area contributed by atoms with E-state index in [0.717, 1.165) is 18.5 Å². The van der Waals surface area contributed by atoms with Gasteiger partial charge in [0.05, 0.1) is 5.52 Å². The molecule has 8 rings (SSSR count). The predicted octanol–water partition coefficient (Wildman–Crippen LogP) is 6.78. The summed E-state index contributed by atoms with van der Waals surface area (Å²) in [6.45, 7) is 0. The minimum absolute atomic E-state index is 1.00. The van der Waals surface area contributed by atoms with Gasteiger partial charge >= 0.3 is 0 Å². The second-order valence-electron chi connectivity index (χ2n) is 8.84. The quantitative estimate of drug-likeness (QED) is 0.259. The largest absolute Gasteiger partial charge is 0.299 e. The van der Waals surface area contributed by atoms with Gasteiger partial charge in [0.25, 0.3) is 0 Å². The molecule has 0 spiro atoms. The second kappa shape index (κ2) is 5.41. The fourth-order valence-electron chi connectivity index (χ4n) is 5.97. The Kier molecular flexibility index (Phi) is 2.77. The van der Waals surface area contributed by atoms with Crippen LogP contribution in [0.3, 0.4) is 0 Å². The molecule has 0 N–H and O–H groups in total. The van der Waals surface area contributed by atoms with Crippen LogP contribution >= 0.6 is 0 Å². The second-order valence-corrected chi connectivity index (χ2v) is 8.84. The highest BCUT2D eigenvalue weighted by Crippen LogP contribution is 2.48. The summed E-state index contributed by atoms with van der Waals surface area (Å²) in [5.74, 6) is 0. The Balaban J connectivity index is 1.51. The van der Waals surface area contributed by atoms with Crippen molar-refractivity contribution in [3.05, 3.63) is 107 Å². The van der Waals surface area contributed by atoms with Gasteiger partial charge in [-0.2, -0.15) is 0 Å². The highest BCUT2D eigenvalue weighted by atomic mass is 15.0. The summed E-state index contributed by atoms with van der Waals surface area (Å²) in [5, 5.41) is 3.89. The van der Waals surface area contributed by atoms with Crippen molar-refractivity contribution in [2.75, 3.05) is 0 Å². The molecule has 0 radical (unpaired) electrons. The van der Waals surface area contributed by atoms with E-state index in [1.54, 1.807) is 0 Å². The van der Waals surface area contributed by atoms with Crippen LogP contribution in [0, 0.1) is 0 Å². The number of benzene rings is 4. The lowest BCUT2D eigenvalue weighted by Crippen LogP contribution is -1.93. The molecule has 31 heavy (non-hydrogen) atoms. The van der Waals surface area contributed by atoms with E-state index in [9.17, 15) is 0 Å². The molecule has 0 saturated heterocycles. The highest BCUT2D eigenvalue weighted by Gasteiger charge is 2.27. The first-order valence-electron chi connectivity index (χ1n) is 10.9. The topological polar surface area (TPSA) is 17.3 Å². The van der Waals surface area contributed by atoms with Gasteiger partial charge in [0.1, 0.15) is 5.65 Å². The highest BCUT2D eigenvalue weighted by molar-refractivity contribution is 6.19. The summed E-state index contributed by atoms with van der Waals surface area (Å²) in [6, 6.07) is 27.1. The SMILES string of the molecule is c1ccc2c(c1)Cc1cc3c(cc1-2)Cc1ccc2c(c1-3)c1ccccc1n1ccnc21. The molecule has 6 aromatic rings. The Bertz CT molecular complexity index is 1740. The number of para-hydroxylation sites is 1. The normalized spacial score (nSPS) is 13.5. The van der Waals surface area contributed by atoms with Crippen LogP contribution in [0.25, 0.3) is 49.6 Å². The first kappa shape index (κ1) is 15.9. The van der Waals surface area contributed by atoms with Gasteiger partial charge in [-0.15, -0.1) is 0 Å². The molecule has 2 nitrogen and oxygen atoms in total. The van der Waals surface area contributed by atoms with E-state index in [1.807, 2.05) is 6.20 Å². The standard InChI is InChI=1S/C29H18N2/c1-2-6-21-17(5-1)13-19-16-25-20(15-24(19)21)14-18-9-10-23-28(27(18)25)22-7-3-4-8-26(22)31-12-11-30-29(23)31/h1-12,15-16H,13-14H2. The lowest BCUT2D eigenvalue weighted by atomic mass is 9.93. The van der Waals surface area contributed by atoms with Crippen molar-refractivity contribution in [2.24, 2.45) is 0 Å². The van der Waals surface area contributed by atoms with Gasteiger partial charge in [0, 0.05) is 28.6 Å². The van der Waals surface area contributed by atoms with E-state index >= 15 is 0 Å². The molecule has 0 fully saturated rings. The third kappa shape index (κ3) is 1.91. The van der Waals surface area contributed by atoms with Gasteiger partial charge in [-0.25, -0.2) is 4.98 Å². The molecular formula is C29H18N2. The number of nitrogens with zero attached hydrogens (tertiary/aromatic N) is 2. The fraction of sp³-hybridized carbons (Fsp3) is 0.0690. The lowest BCUT2D eigenvalue weighted by Gasteiger charge is -2.13. The summed E-state index contributed by atoms with van der Waals surface area (Å²) in [5.41, 5.74) is 13.7. The smallest absolute Gasteiger partial charge is 0.145 e. The summed E-state index contributed by atoms with van der Waals surface area (Å²) in [7, 11) is 0. The van der Waals surface area contributed by atoms with Crippen molar-refractivity contribution in [3.8, 4) is 22.3 Å². The van der Waals surface area contributed by atoms with Crippen LogP contribution in [-0.2, 0) is 12.8 Å². The van der Waals surface area contributed by atoms with Gasteiger partial charge in [-0.1, -0.05) is 54.6 Å². The Morgan fingerprint density at radius 1 is 0.645 bits per heavy atom. The Morgan fingerprint density at radius 2 is 1.45 bits per heavy atom. The van der Waals surface area contributed by atoms with Gasteiger partial charge < -0.3 is 0 Å². The van der Waals surface area contributed by atoms with Crippen molar-refractivity contribution in [1.29, 1.82) is 0 Å². The molecule has 0 unspecified atom stereocenters. The first-order valence-corrected chi connectivity index (χ1v) is 10.9. The minimum atomic E-state index is 1.00. The predicted molar refractivity (Wildman–Crippen MR) is 127 cm³/mol. The van der Waals surface area contributed by atoms with Crippen LogP contribution in [-0.4, -0.2) is 9.38 Å². The van der Waals surface area contributed by atoms with Crippen molar-refractivity contribution in [1.82, 2.24) is 9.38 Å². The number of fused-ring (bicyclic) bond motifs is 13. The van der Waals surface area contributed by atoms with Crippen molar-refractivity contribution >= 4 is 27.3 Å². The zero-order valence-electron chi connectivity index (χ0n) is 16.9. The number of aromatic nitrogens is 2. The molecule has 144 valence electrons. The molecule has 2 heterocycles. The Hall–Kier alpha value is -3.91. The van der Waals surface area contributed by atoms with Gasteiger partial charge in [0.15, 0.2) is 0 Å². The van der Waals surface area contributed by atoms with E-state index < -0.39 is 0 Å². The maximum atomic E-state index is 4.73. The average molecular weight is 394 g/mol. The summed E-state index contributed by atoms with van der Waals surface area (Å²) in [4.78, 5) is 4.73. The number of hydrogen-bond donors (Lipinski definition) is 0. The van der Waals surface area contributed by atoms with Gasteiger partial charge in [0.2, 0.25) is 0 Å². The van der Waals surface area contributed by atoms with Crippen LogP contribution in [0.15, 0.2) is 85.2 Å². The number of imidazole rings is 1. The van der Waals surface area contributed by atoms with Crippen LogP contribution in [0.2, 0.25) is 0 Å². The van der Waals surface area contributed by atoms with Crippen LogP contribution in [0.5, 0.6) is 0 Å². The number of rotatable bonds is 0. The maximum Gasteiger partial charge on any atom is 0.145 e. The Labute approximate surface area is 179 Å². The van der Waals surface area contributed by atoms with E-state index in [-0.39, 0.29) is 0 Å². The fourth-order valence-corrected chi connectivity index (χ4v) is 5.97. The van der Waals surface area contributed by atoms with E-state index in [4.69, 9.17) is 4.98 Å². The molecular weight excluding hydrogens is 376 g/mol. The summed E-state index contributed by atoms with van der Waals surface area (Å²) in [6.07, 6.45) is 6.02. The van der Waals surface area contributed by atoms with Gasteiger partial charge in [-0.3, -0.25) is 4.40 Å². The summed E-state index contributed by atoms with van der Waals surface area (Å²) < 4.78 is 2.22. The zero-order chi connectivity index (χ0) is 20.1. The molecule has 0 aliphatic heterocycles. The number of pyridine rings is 1. The van der Waals surface area contributed by atoms with E-state index in [2.05, 4.69) is 83.4 Å². The molecule has 0 saturated carbocycles. The monoisotopic (exact) mass is 394 g/mol. The molecule has 4 aromatic carbocycles. The average Bonchev–Trinajstić information content (AvgIpc) is 3.52. The zero-order valence-corrected chi connectivity index (χ0v) is 16.9. The van der Waals surface area contributed by atoms with Crippen molar-refractivity contribution < 1.29 is 0 Å². The third-order valence-electron chi connectivity index (χ3n) is 7.27. The van der Waals surface area contributed by atoms with Crippen molar-refractivity contribution in [2.45, 2.75) is 12.8 Å². The third-order valence-corrected chi connectivity index (χ3v) is 7.27. The van der Waals surface area contributed by atoms with Crippen LogP contribution in [0.4, 0.5) is 0 Å². The van der Waals surface area contributed by atoms with Crippen LogP contribution in [0.1, 0.15) is 22.3 Å². The summed E-state index contributed by atoms with van der Waals surface area (Å²) >= 11 is 0. The van der Waals surface area contributed by atoms with Gasteiger partial charge in [-0.05, 0) is 75.5 Å². The maximum absolute atomic E-state index is 4.73. The molecule has 0 amide bonds. The molecule has 0 atom stereocenters. The lowest BCUT2D eigenvalue weighted by molar-refractivity contribution is 1.24. The molecule has 0 bridgehead atoms. The van der Waals surface area contributed by atoms with E-state index in [1.165, 1.54) is 66.2 Å². The van der Waals surface area contributed by atoms with Crippen molar-refractivity contribution in [3.63, 3.8) is 0 Å². The number of hydrogen-bond acceptors (Lipinski definition) is 1. The molecule has 2 heteroatoms. The van der Waals surface area contributed by atoms with E-state index in [0.29, 0.717) is 0 Å². The molecule has 2 aliphatic carbocycles. The first-order chi connectivity index (χ1) is 15.4. The van der Waals surface area contributed by atoms with Crippen LogP contribution < -0.4 is 0 Å². The molecule has 2 aliphatic rings.